The lowest BCUT2D eigenvalue weighted by Gasteiger charge is -2.11. The van der Waals surface area contributed by atoms with Crippen LogP contribution in [0, 0.1) is 4.77 Å². The maximum Gasteiger partial charge on any atom is 0.179 e. The molecule has 1 N–H and O–H groups in total. The van der Waals surface area contributed by atoms with E-state index in [0.717, 1.165) is 28.0 Å². The summed E-state index contributed by atoms with van der Waals surface area (Å²) in [6, 6.07) is 0. The quantitative estimate of drug-likeness (QED) is 0.814. The molecule has 2 aromatic heterocycles. The summed E-state index contributed by atoms with van der Waals surface area (Å²) in [5.74, 6) is 0. The number of hydrogen-bond acceptors (Lipinski definition) is 2. The average Bonchev–Trinajstić information content (AvgIpc) is 2.75. The summed E-state index contributed by atoms with van der Waals surface area (Å²) in [5.41, 5.74) is 3.57. The molecule has 0 atom stereocenters. The third kappa shape index (κ3) is 1.15. The summed E-state index contributed by atoms with van der Waals surface area (Å²) < 4.78 is 5.02. The zero-order chi connectivity index (χ0) is 11.5. The van der Waals surface area contributed by atoms with Crippen LogP contribution < -0.4 is 0 Å². The Balaban J connectivity index is 2.40. The first-order chi connectivity index (χ1) is 7.57. The number of imidazole rings is 1. The number of rotatable bonds is 2. The summed E-state index contributed by atoms with van der Waals surface area (Å²) in [6.45, 7) is 4.38. The normalized spacial score (nSPS) is 18.2. The summed E-state index contributed by atoms with van der Waals surface area (Å²) in [6.07, 6.45) is 3.35. The molecule has 0 saturated heterocycles. The third-order valence-electron chi connectivity index (χ3n) is 3.58. The maximum atomic E-state index is 5.43. The van der Waals surface area contributed by atoms with E-state index in [-0.39, 0.29) is 5.54 Å². The predicted octanol–water partition coefficient (Wildman–Crippen LogP) is 2.50. The number of aryl methyl sites for hydroxylation is 2. The van der Waals surface area contributed by atoms with Crippen LogP contribution in [0.25, 0.3) is 11.2 Å². The van der Waals surface area contributed by atoms with E-state index in [9.17, 15) is 0 Å². The molecular formula is C11H16N4S. The van der Waals surface area contributed by atoms with Gasteiger partial charge in [0.05, 0.1) is 5.69 Å². The standard InChI is InChI=1S/C11H16N4S/c1-4-7-8-9(14(3)13-7)15(10(16)12-8)11(2)5-6-11/h4-6H2,1-3H3,(H,12,16). The highest BCUT2D eigenvalue weighted by Gasteiger charge is 2.41. The molecule has 4 nitrogen and oxygen atoms in total. The van der Waals surface area contributed by atoms with E-state index in [1.165, 1.54) is 12.8 Å². The number of fused-ring (bicyclic) bond motifs is 1. The minimum Gasteiger partial charge on any atom is -0.328 e. The zero-order valence-electron chi connectivity index (χ0n) is 9.87. The largest absolute Gasteiger partial charge is 0.328 e. The smallest absolute Gasteiger partial charge is 0.179 e. The average molecular weight is 236 g/mol. The van der Waals surface area contributed by atoms with Gasteiger partial charge in [0.25, 0.3) is 0 Å². The van der Waals surface area contributed by atoms with E-state index in [1.807, 2.05) is 11.7 Å². The molecule has 2 heterocycles. The SMILES string of the molecule is CCc1nn(C)c2c1[nH]c(=S)n2C1(C)CC1. The lowest BCUT2D eigenvalue weighted by molar-refractivity contribution is 0.526. The van der Waals surface area contributed by atoms with Crippen molar-refractivity contribution in [3.05, 3.63) is 10.5 Å². The first kappa shape index (κ1) is 10.1. The highest BCUT2D eigenvalue weighted by Crippen LogP contribution is 2.45. The molecule has 0 aromatic carbocycles. The van der Waals surface area contributed by atoms with Gasteiger partial charge < -0.3 is 4.98 Å². The van der Waals surface area contributed by atoms with Crippen molar-refractivity contribution in [2.45, 2.75) is 38.6 Å². The Morgan fingerprint density at radius 1 is 1.50 bits per heavy atom. The minimum absolute atomic E-state index is 0.216. The molecule has 0 unspecified atom stereocenters. The van der Waals surface area contributed by atoms with Gasteiger partial charge in [-0.05, 0) is 38.4 Å². The van der Waals surface area contributed by atoms with Gasteiger partial charge in [0.15, 0.2) is 10.4 Å². The van der Waals surface area contributed by atoms with Crippen LogP contribution in [0.5, 0.6) is 0 Å². The van der Waals surface area contributed by atoms with Crippen LogP contribution in [0.3, 0.4) is 0 Å². The second-order valence-corrected chi connectivity index (χ2v) is 5.27. The molecule has 0 bridgehead atoms. The summed E-state index contributed by atoms with van der Waals surface area (Å²) in [7, 11) is 1.99. The molecule has 1 aliphatic rings. The van der Waals surface area contributed by atoms with E-state index in [1.54, 1.807) is 0 Å². The van der Waals surface area contributed by atoms with Gasteiger partial charge in [0, 0.05) is 12.6 Å². The molecule has 2 aromatic rings. The Bertz CT molecular complexity index is 612. The fraction of sp³-hybridized carbons (Fsp3) is 0.636. The van der Waals surface area contributed by atoms with Gasteiger partial charge in [0.2, 0.25) is 0 Å². The van der Waals surface area contributed by atoms with E-state index in [0.29, 0.717) is 0 Å². The van der Waals surface area contributed by atoms with Gasteiger partial charge in [0.1, 0.15) is 5.52 Å². The van der Waals surface area contributed by atoms with Crippen molar-refractivity contribution in [1.82, 2.24) is 19.3 Å². The van der Waals surface area contributed by atoms with Gasteiger partial charge in [-0.1, -0.05) is 6.92 Å². The fourth-order valence-electron chi connectivity index (χ4n) is 2.37. The van der Waals surface area contributed by atoms with Crippen molar-refractivity contribution >= 4 is 23.4 Å². The van der Waals surface area contributed by atoms with Crippen LogP contribution in [-0.2, 0) is 19.0 Å². The molecule has 0 aliphatic heterocycles. The summed E-state index contributed by atoms with van der Waals surface area (Å²) >= 11 is 5.43. The van der Waals surface area contributed by atoms with E-state index < -0.39 is 0 Å². The van der Waals surface area contributed by atoms with E-state index in [2.05, 4.69) is 28.5 Å². The Morgan fingerprint density at radius 3 is 2.75 bits per heavy atom. The van der Waals surface area contributed by atoms with Gasteiger partial charge in [-0.25, -0.2) is 0 Å². The van der Waals surface area contributed by atoms with Crippen molar-refractivity contribution in [2.75, 3.05) is 0 Å². The molecule has 1 aliphatic carbocycles. The van der Waals surface area contributed by atoms with Crippen molar-refractivity contribution in [3.63, 3.8) is 0 Å². The molecule has 0 amide bonds. The molecule has 1 saturated carbocycles. The van der Waals surface area contributed by atoms with Crippen LogP contribution >= 0.6 is 12.2 Å². The molecule has 5 heteroatoms. The topological polar surface area (TPSA) is 38.5 Å². The molecular weight excluding hydrogens is 220 g/mol. The van der Waals surface area contributed by atoms with Gasteiger partial charge in [-0.3, -0.25) is 9.25 Å². The van der Waals surface area contributed by atoms with E-state index >= 15 is 0 Å². The van der Waals surface area contributed by atoms with Crippen LogP contribution in [0.2, 0.25) is 0 Å². The highest BCUT2D eigenvalue weighted by atomic mass is 32.1. The summed E-state index contributed by atoms with van der Waals surface area (Å²) in [4.78, 5) is 3.31. The minimum atomic E-state index is 0.216. The van der Waals surface area contributed by atoms with Gasteiger partial charge in [-0.15, -0.1) is 0 Å². The van der Waals surface area contributed by atoms with Crippen molar-refractivity contribution in [2.24, 2.45) is 7.05 Å². The first-order valence-electron chi connectivity index (χ1n) is 5.74. The van der Waals surface area contributed by atoms with Crippen molar-refractivity contribution in [3.8, 4) is 0 Å². The molecule has 0 spiro atoms. The zero-order valence-corrected chi connectivity index (χ0v) is 10.7. The second kappa shape index (κ2) is 2.97. The van der Waals surface area contributed by atoms with Crippen LogP contribution in [-0.4, -0.2) is 19.3 Å². The first-order valence-corrected chi connectivity index (χ1v) is 6.15. The fourth-order valence-corrected chi connectivity index (χ4v) is 2.77. The van der Waals surface area contributed by atoms with Crippen LogP contribution in [0.4, 0.5) is 0 Å². The Labute approximate surface area is 99.3 Å². The Morgan fingerprint density at radius 2 is 2.19 bits per heavy atom. The number of hydrogen-bond donors (Lipinski definition) is 1. The molecule has 86 valence electrons. The lowest BCUT2D eigenvalue weighted by Crippen LogP contribution is -2.14. The monoisotopic (exact) mass is 236 g/mol. The number of H-pyrrole nitrogens is 1. The molecule has 3 rings (SSSR count). The molecule has 1 fully saturated rings. The molecule has 0 radical (unpaired) electrons. The number of nitrogens with one attached hydrogen (secondary N) is 1. The predicted molar refractivity (Wildman–Crippen MR) is 66.1 cm³/mol. The van der Waals surface area contributed by atoms with E-state index in [4.69, 9.17) is 12.2 Å². The summed E-state index contributed by atoms with van der Waals surface area (Å²) in [5, 5.41) is 4.53. The van der Waals surface area contributed by atoms with Gasteiger partial charge in [-0.2, -0.15) is 5.10 Å². The van der Waals surface area contributed by atoms with Crippen LogP contribution in [0.15, 0.2) is 0 Å². The Hall–Kier alpha value is -1.10. The maximum absolute atomic E-state index is 5.43. The second-order valence-electron chi connectivity index (χ2n) is 4.88. The van der Waals surface area contributed by atoms with Crippen LogP contribution in [0.1, 0.15) is 32.4 Å². The van der Waals surface area contributed by atoms with Crippen molar-refractivity contribution in [1.29, 1.82) is 0 Å². The third-order valence-corrected chi connectivity index (χ3v) is 3.87. The Kier molecular flexibility index (Phi) is 1.87. The van der Waals surface area contributed by atoms with Gasteiger partial charge >= 0.3 is 0 Å². The molecule has 16 heavy (non-hydrogen) atoms. The lowest BCUT2D eigenvalue weighted by atomic mass is 10.3. The number of nitrogens with zero attached hydrogens (tertiary/aromatic N) is 3. The number of aromatic amines is 1. The number of aromatic nitrogens is 4. The highest BCUT2D eigenvalue weighted by molar-refractivity contribution is 7.71. The van der Waals surface area contributed by atoms with Crippen molar-refractivity contribution < 1.29 is 0 Å².